The van der Waals surface area contributed by atoms with Crippen LogP contribution in [0.2, 0.25) is 0 Å². The second kappa shape index (κ2) is 8.78. The molecule has 0 spiro atoms. The summed E-state index contributed by atoms with van der Waals surface area (Å²) >= 11 is 0. The first-order valence-corrected chi connectivity index (χ1v) is 10.5. The summed E-state index contributed by atoms with van der Waals surface area (Å²) in [6.45, 7) is 6.64. The SMILES string of the molecule is C[C@H]1COc2ccc(CN3CCCC3)cc2CN1C(=O)CCc1ccccc1. The average molecular weight is 379 g/mol. The van der Waals surface area contributed by atoms with E-state index in [1.807, 2.05) is 23.1 Å². The van der Waals surface area contributed by atoms with Gasteiger partial charge in [0.15, 0.2) is 0 Å². The van der Waals surface area contributed by atoms with Crippen molar-refractivity contribution in [3.63, 3.8) is 0 Å². The maximum absolute atomic E-state index is 13.0. The molecule has 28 heavy (non-hydrogen) atoms. The molecule has 2 aliphatic rings. The van der Waals surface area contributed by atoms with Crippen molar-refractivity contribution in [1.82, 2.24) is 9.80 Å². The van der Waals surface area contributed by atoms with Crippen molar-refractivity contribution in [3.8, 4) is 5.75 Å². The molecule has 2 aromatic rings. The summed E-state index contributed by atoms with van der Waals surface area (Å²) < 4.78 is 6.02. The zero-order chi connectivity index (χ0) is 19.3. The predicted octanol–water partition coefficient (Wildman–Crippen LogP) is 4.02. The number of benzene rings is 2. The fourth-order valence-corrected chi connectivity index (χ4v) is 4.21. The summed E-state index contributed by atoms with van der Waals surface area (Å²) in [5.74, 6) is 1.13. The van der Waals surface area contributed by atoms with Gasteiger partial charge in [-0.25, -0.2) is 0 Å². The molecule has 0 aliphatic carbocycles. The topological polar surface area (TPSA) is 32.8 Å². The highest BCUT2D eigenvalue weighted by Crippen LogP contribution is 2.28. The van der Waals surface area contributed by atoms with Crippen molar-refractivity contribution in [2.24, 2.45) is 0 Å². The lowest BCUT2D eigenvalue weighted by molar-refractivity contribution is -0.134. The van der Waals surface area contributed by atoms with Gasteiger partial charge in [0.05, 0.1) is 6.04 Å². The number of hydrogen-bond donors (Lipinski definition) is 0. The molecule has 1 amide bonds. The molecule has 0 aromatic heterocycles. The summed E-state index contributed by atoms with van der Waals surface area (Å²) in [4.78, 5) is 17.5. The van der Waals surface area contributed by atoms with Gasteiger partial charge >= 0.3 is 0 Å². The van der Waals surface area contributed by atoms with Crippen LogP contribution in [0.1, 0.15) is 42.9 Å². The summed E-state index contributed by atoms with van der Waals surface area (Å²) in [6.07, 6.45) is 3.92. The zero-order valence-electron chi connectivity index (χ0n) is 16.8. The molecule has 2 aromatic carbocycles. The van der Waals surface area contributed by atoms with Crippen LogP contribution >= 0.6 is 0 Å². The van der Waals surface area contributed by atoms with Crippen LogP contribution in [0.4, 0.5) is 0 Å². The Morgan fingerprint density at radius 1 is 1.07 bits per heavy atom. The molecule has 2 heterocycles. The number of rotatable bonds is 5. The van der Waals surface area contributed by atoms with Gasteiger partial charge in [0.25, 0.3) is 0 Å². The van der Waals surface area contributed by atoms with Crippen LogP contribution in [0.3, 0.4) is 0 Å². The Balaban J connectivity index is 1.44. The highest BCUT2D eigenvalue weighted by atomic mass is 16.5. The lowest BCUT2D eigenvalue weighted by atomic mass is 10.1. The molecule has 0 saturated carbocycles. The Bertz CT molecular complexity index is 800. The van der Waals surface area contributed by atoms with Crippen molar-refractivity contribution >= 4 is 5.91 Å². The van der Waals surface area contributed by atoms with Gasteiger partial charge in [0.2, 0.25) is 5.91 Å². The first-order chi connectivity index (χ1) is 13.7. The van der Waals surface area contributed by atoms with Crippen molar-refractivity contribution in [3.05, 3.63) is 65.2 Å². The number of fused-ring (bicyclic) bond motifs is 1. The minimum absolute atomic E-state index is 0.0812. The van der Waals surface area contributed by atoms with E-state index in [0.29, 0.717) is 19.6 Å². The van der Waals surface area contributed by atoms with Gasteiger partial charge in [-0.15, -0.1) is 0 Å². The number of carbonyl (C=O) groups excluding carboxylic acids is 1. The minimum Gasteiger partial charge on any atom is -0.491 e. The fourth-order valence-electron chi connectivity index (χ4n) is 4.21. The van der Waals surface area contributed by atoms with E-state index in [9.17, 15) is 4.79 Å². The fraction of sp³-hybridized carbons (Fsp3) is 0.458. The van der Waals surface area contributed by atoms with Crippen molar-refractivity contribution < 1.29 is 9.53 Å². The molecule has 4 heteroatoms. The molecular weight excluding hydrogens is 348 g/mol. The van der Waals surface area contributed by atoms with Crippen molar-refractivity contribution in [1.29, 1.82) is 0 Å². The molecule has 4 nitrogen and oxygen atoms in total. The van der Waals surface area contributed by atoms with Gasteiger partial charge < -0.3 is 9.64 Å². The number of likely N-dealkylation sites (tertiary alicyclic amines) is 1. The van der Waals surface area contributed by atoms with Gasteiger partial charge in [-0.1, -0.05) is 36.4 Å². The number of carbonyl (C=O) groups is 1. The maximum atomic E-state index is 13.0. The third-order valence-corrected chi connectivity index (χ3v) is 5.87. The maximum Gasteiger partial charge on any atom is 0.223 e. The van der Waals surface area contributed by atoms with Crippen LogP contribution in [-0.4, -0.2) is 41.4 Å². The van der Waals surface area contributed by atoms with E-state index in [1.54, 1.807) is 0 Å². The molecule has 1 atom stereocenters. The molecule has 0 unspecified atom stereocenters. The van der Waals surface area contributed by atoms with Gasteiger partial charge in [0, 0.05) is 25.1 Å². The molecule has 0 N–H and O–H groups in total. The molecule has 4 rings (SSSR count). The van der Waals surface area contributed by atoms with E-state index in [-0.39, 0.29) is 11.9 Å². The summed E-state index contributed by atoms with van der Waals surface area (Å²) in [5.41, 5.74) is 3.66. The number of amides is 1. The largest absolute Gasteiger partial charge is 0.491 e. The van der Waals surface area contributed by atoms with Crippen LogP contribution in [0.15, 0.2) is 48.5 Å². The van der Waals surface area contributed by atoms with Crippen LogP contribution in [0.25, 0.3) is 0 Å². The van der Waals surface area contributed by atoms with Crippen molar-refractivity contribution in [2.75, 3.05) is 19.7 Å². The van der Waals surface area contributed by atoms with E-state index in [0.717, 1.165) is 24.3 Å². The lowest BCUT2D eigenvalue weighted by Gasteiger charge is -2.26. The summed E-state index contributed by atoms with van der Waals surface area (Å²) in [5, 5.41) is 0. The van der Waals surface area contributed by atoms with Gasteiger partial charge in [-0.05, 0) is 62.5 Å². The van der Waals surface area contributed by atoms with Crippen LogP contribution < -0.4 is 4.74 Å². The summed E-state index contributed by atoms with van der Waals surface area (Å²) in [6, 6.07) is 16.8. The van der Waals surface area contributed by atoms with E-state index >= 15 is 0 Å². The number of ether oxygens (including phenoxy) is 1. The van der Waals surface area contributed by atoms with Crippen LogP contribution in [-0.2, 0) is 24.3 Å². The lowest BCUT2D eigenvalue weighted by Crippen LogP contribution is -2.40. The Morgan fingerprint density at radius 3 is 2.64 bits per heavy atom. The van der Waals surface area contributed by atoms with E-state index < -0.39 is 0 Å². The third kappa shape index (κ3) is 4.56. The molecule has 0 radical (unpaired) electrons. The normalized spacial score (nSPS) is 19.8. The Morgan fingerprint density at radius 2 is 1.86 bits per heavy atom. The monoisotopic (exact) mass is 378 g/mol. The second-order valence-electron chi connectivity index (χ2n) is 8.09. The second-order valence-corrected chi connectivity index (χ2v) is 8.09. The quantitative estimate of drug-likeness (QED) is 0.788. The van der Waals surface area contributed by atoms with E-state index in [1.165, 1.54) is 37.1 Å². The highest BCUT2D eigenvalue weighted by molar-refractivity contribution is 5.77. The first kappa shape index (κ1) is 19.0. The number of nitrogens with zero attached hydrogens (tertiary/aromatic N) is 2. The van der Waals surface area contributed by atoms with E-state index in [4.69, 9.17) is 4.74 Å². The molecule has 0 bridgehead atoms. The highest BCUT2D eigenvalue weighted by Gasteiger charge is 2.26. The van der Waals surface area contributed by atoms with Crippen LogP contribution in [0, 0.1) is 0 Å². The Kier molecular flexibility index (Phi) is 5.96. The number of aryl methyl sites for hydroxylation is 1. The third-order valence-electron chi connectivity index (χ3n) is 5.87. The number of hydrogen-bond acceptors (Lipinski definition) is 3. The van der Waals surface area contributed by atoms with Gasteiger partial charge in [-0.2, -0.15) is 0 Å². The smallest absolute Gasteiger partial charge is 0.223 e. The molecule has 148 valence electrons. The Labute approximate surface area is 168 Å². The zero-order valence-corrected chi connectivity index (χ0v) is 16.8. The van der Waals surface area contributed by atoms with Gasteiger partial charge in [0.1, 0.15) is 12.4 Å². The molecule has 1 saturated heterocycles. The van der Waals surface area contributed by atoms with E-state index in [2.05, 4.69) is 42.2 Å². The predicted molar refractivity (Wildman–Crippen MR) is 111 cm³/mol. The van der Waals surface area contributed by atoms with Crippen molar-refractivity contribution in [2.45, 2.75) is 51.7 Å². The molecule has 2 aliphatic heterocycles. The standard InChI is InChI=1S/C24H30N2O2/c1-19-18-28-23-11-9-21(16-25-13-5-6-14-25)15-22(23)17-26(19)24(27)12-10-20-7-3-2-4-8-20/h2-4,7-9,11,15,19H,5-6,10,12-14,16-18H2,1H3/t19-/m0/s1. The Hall–Kier alpha value is -2.33. The van der Waals surface area contributed by atoms with Gasteiger partial charge in [-0.3, -0.25) is 9.69 Å². The molecule has 1 fully saturated rings. The average Bonchev–Trinajstić information content (AvgIpc) is 3.17. The first-order valence-electron chi connectivity index (χ1n) is 10.5. The van der Waals surface area contributed by atoms with Crippen LogP contribution in [0.5, 0.6) is 5.75 Å². The summed E-state index contributed by atoms with van der Waals surface area (Å²) in [7, 11) is 0. The minimum atomic E-state index is 0.0812. The molecular formula is C24H30N2O2.